The third-order valence-electron chi connectivity index (χ3n) is 3.92. The molecule has 0 saturated heterocycles. The maximum Gasteiger partial charge on any atom is 0.277 e. The summed E-state index contributed by atoms with van der Waals surface area (Å²) in [6.45, 7) is 2.70. The van der Waals surface area contributed by atoms with E-state index in [2.05, 4.69) is 0 Å². The minimum atomic E-state index is -1.63. The van der Waals surface area contributed by atoms with E-state index in [-0.39, 0.29) is 30.0 Å². The second-order valence-electron chi connectivity index (χ2n) is 5.46. The number of para-hydroxylation sites is 1. The first-order valence-corrected chi connectivity index (χ1v) is 7.65. The van der Waals surface area contributed by atoms with Crippen molar-refractivity contribution in [2.75, 3.05) is 13.1 Å². The van der Waals surface area contributed by atoms with Gasteiger partial charge in [0.15, 0.2) is 5.78 Å². The minimum absolute atomic E-state index is 0.00963. The molecule has 0 aromatic heterocycles. The quantitative estimate of drug-likeness (QED) is 0.370. The third kappa shape index (κ3) is 3.36. The molecule has 0 amide bonds. The first kappa shape index (κ1) is 18.2. The van der Waals surface area contributed by atoms with Crippen molar-refractivity contribution in [1.82, 2.24) is 9.62 Å². The summed E-state index contributed by atoms with van der Waals surface area (Å²) in [7, 11) is 0. The number of quaternary nitrogens is 2. The van der Waals surface area contributed by atoms with Gasteiger partial charge in [0.25, 0.3) is 11.4 Å². The van der Waals surface area contributed by atoms with E-state index in [0.29, 0.717) is 5.56 Å². The normalized spacial score (nSPS) is 12.2. The Labute approximate surface area is 139 Å². The van der Waals surface area contributed by atoms with Gasteiger partial charge < -0.3 is 0 Å². The largest absolute Gasteiger partial charge is 0.288 e. The molecule has 0 aliphatic rings. The first-order valence-electron chi connectivity index (χ1n) is 7.65. The Kier molecular flexibility index (Phi) is 5.14. The highest BCUT2D eigenvalue weighted by Crippen LogP contribution is 2.38. The van der Waals surface area contributed by atoms with Gasteiger partial charge in [-0.2, -0.15) is 20.8 Å². The van der Waals surface area contributed by atoms with Gasteiger partial charge in [0, 0.05) is 11.6 Å². The van der Waals surface area contributed by atoms with Crippen LogP contribution >= 0.6 is 0 Å². The summed E-state index contributed by atoms with van der Waals surface area (Å²) in [5.41, 5.74) is -0.0890. The van der Waals surface area contributed by atoms with Crippen molar-refractivity contribution >= 4 is 17.2 Å². The summed E-state index contributed by atoms with van der Waals surface area (Å²) in [6, 6.07) is 12.6. The van der Waals surface area contributed by atoms with Gasteiger partial charge >= 0.3 is 0 Å². The number of hydrogen-bond acceptors (Lipinski definition) is 5. The highest BCUT2D eigenvalue weighted by molar-refractivity contribution is 6.13. The Morgan fingerprint density at radius 1 is 0.833 bits per heavy atom. The van der Waals surface area contributed by atoms with Gasteiger partial charge in [-0.1, -0.05) is 36.4 Å². The fourth-order valence-electron chi connectivity index (χ4n) is 2.45. The zero-order valence-electron chi connectivity index (χ0n) is 13.6. The smallest absolute Gasteiger partial charge is 0.277 e. The summed E-state index contributed by atoms with van der Waals surface area (Å²) in [5, 5.41) is 41.0. The lowest BCUT2D eigenvalue weighted by Gasteiger charge is -2.26. The summed E-state index contributed by atoms with van der Waals surface area (Å²) in [6.07, 6.45) is 0. The lowest BCUT2D eigenvalue weighted by atomic mass is 10.00. The highest BCUT2D eigenvalue weighted by atomic mass is 16.9. The molecule has 128 valence electrons. The van der Waals surface area contributed by atoms with Crippen molar-refractivity contribution in [2.24, 2.45) is 0 Å². The van der Waals surface area contributed by atoms with Crippen molar-refractivity contribution in [3.8, 4) is 0 Å². The molecule has 2 aromatic rings. The van der Waals surface area contributed by atoms with Crippen LogP contribution in [-0.2, 0) is 0 Å². The summed E-state index contributed by atoms with van der Waals surface area (Å²) < 4.78 is 0. The predicted molar refractivity (Wildman–Crippen MR) is 88.1 cm³/mol. The van der Waals surface area contributed by atoms with Crippen LogP contribution in [0, 0.1) is 0 Å². The average molecular weight is 334 g/mol. The van der Waals surface area contributed by atoms with Crippen LogP contribution in [0.25, 0.3) is 0 Å². The van der Waals surface area contributed by atoms with Gasteiger partial charge in [-0.25, -0.2) is 0 Å². The molecule has 0 heterocycles. The van der Waals surface area contributed by atoms with Gasteiger partial charge in [-0.15, -0.1) is 0 Å². The topological polar surface area (TPSA) is 98.0 Å². The van der Waals surface area contributed by atoms with Gasteiger partial charge in [0.2, 0.25) is 0 Å². The number of rotatable bonds is 6. The molecule has 7 nitrogen and oxygen atoms in total. The molecule has 0 radical (unpaired) electrons. The number of hydrogen-bond donors (Lipinski definition) is 4. The molecule has 2 aromatic carbocycles. The first-order chi connectivity index (χ1) is 11.2. The standard InChI is InChI=1S/C17H22N2O5/c1-3-18(21,22)15-12-8-11-14(16(15)19(23,24)4-2)17(20)13-9-6-5-7-10-13/h5-12,21-24H,3-4H2,1-2H3/q+2. The second-order valence-corrected chi connectivity index (χ2v) is 5.46. The van der Waals surface area contributed by atoms with Crippen molar-refractivity contribution in [3.63, 3.8) is 0 Å². The van der Waals surface area contributed by atoms with E-state index < -0.39 is 15.4 Å². The number of benzene rings is 2. The Bertz CT molecular complexity index is 729. The van der Waals surface area contributed by atoms with Crippen molar-refractivity contribution in [1.29, 1.82) is 0 Å². The van der Waals surface area contributed by atoms with Crippen molar-refractivity contribution < 1.29 is 25.6 Å². The monoisotopic (exact) mass is 334 g/mol. The number of ketones is 1. The van der Waals surface area contributed by atoms with Crippen LogP contribution in [0.3, 0.4) is 0 Å². The van der Waals surface area contributed by atoms with E-state index >= 15 is 0 Å². The lowest BCUT2D eigenvalue weighted by molar-refractivity contribution is -0.304. The SMILES string of the molecule is CC[N+](O)(O)c1cccc(C(=O)c2ccccc2)c1[N+](O)(O)CC. The van der Waals surface area contributed by atoms with Gasteiger partial charge in [-0.05, 0) is 29.5 Å². The highest BCUT2D eigenvalue weighted by Gasteiger charge is 2.43. The van der Waals surface area contributed by atoms with Crippen LogP contribution in [0.4, 0.5) is 11.4 Å². The molecule has 0 aliphatic heterocycles. The maximum atomic E-state index is 12.8. The number of carbonyl (C=O) groups excluding carboxylic acids is 1. The minimum Gasteiger partial charge on any atom is -0.288 e. The fraction of sp³-hybridized carbons (Fsp3) is 0.235. The second kappa shape index (κ2) is 6.78. The summed E-state index contributed by atoms with van der Waals surface area (Å²) in [5.74, 6) is -0.442. The maximum absolute atomic E-state index is 12.8. The summed E-state index contributed by atoms with van der Waals surface area (Å²) in [4.78, 5) is 9.60. The molecule has 24 heavy (non-hydrogen) atoms. The van der Waals surface area contributed by atoms with Crippen LogP contribution in [0.5, 0.6) is 0 Å². The third-order valence-corrected chi connectivity index (χ3v) is 3.92. The van der Waals surface area contributed by atoms with Crippen LogP contribution in [0.15, 0.2) is 48.5 Å². The van der Waals surface area contributed by atoms with E-state index in [1.807, 2.05) is 0 Å². The molecule has 0 bridgehead atoms. The lowest BCUT2D eigenvalue weighted by Crippen LogP contribution is -2.48. The zero-order chi connectivity index (χ0) is 18.0. The van der Waals surface area contributed by atoms with E-state index in [4.69, 9.17) is 0 Å². The fourth-order valence-corrected chi connectivity index (χ4v) is 2.45. The molecule has 0 saturated carbocycles. The van der Waals surface area contributed by atoms with Gasteiger partial charge in [0.1, 0.15) is 13.1 Å². The molecule has 0 fully saturated rings. The molecule has 0 spiro atoms. The van der Waals surface area contributed by atoms with Gasteiger partial charge in [0.05, 0.1) is 5.56 Å². The van der Waals surface area contributed by atoms with Crippen LogP contribution in [-0.4, -0.2) is 39.7 Å². The number of hydroxylamine groups is 4. The molecular weight excluding hydrogens is 312 g/mol. The molecular formula is C17H22N2O5+2. The Balaban J connectivity index is 2.73. The Morgan fingerprint density at radius 2 is 1.42 bits per heavy atom. The van der Waals surface area contributed by atoms with Crippen molar-refractivity contribution in [2.45, 2.75) is 13.8 Å². The Hall–Kier alpha value is -2.13. The van der Waals surface area contributed by atoms with E-state index in [1.54, 1.807) is 30.3 Å². The predicted octanol–water partition coefficient (Wildman–Crippen LogP) is 3.13. The molecule has 7 heteroatoms. The summed E-state index contributed by atoms with van der Waals surface area (Å²) >= 11 is 0. The van der Waals surface area contributed by atoms with E-state index in [1.165, 1.54) is 32.0 Å². The van der Waals surface area contributed by atoms with Gasteiger partial charge in [-0.3, -0.25) is 4.79 Å². The molecule has 2 rings (SSSR count). The van der Waals surface area contributed by atoms with Crippen LogP contribution < -0.4 is 9.62 Å². The number of nitrogens with zero attached hydrogens (tertiary/aromatic N) is 2. The van der Waals surface area contributed by atoms with Crippen molar-refractivity contribution in [3.05, 3.63) is 59.7 Å². The van der Waals surface area contributed by atoms with E-state index in [0.717, 1.165) is 0 Å². The van der Waals surface area contributed by atoms with Crippen LogP contribution in [0.1, 0.15) is 29.8 Å². The molecule has 0 unspecified atom stereocenters. The zero-order valence-corrected chi connectivity index (χ0v) is 13.6. The molecule has 4 N–H and O–H groups in total. The average Bonchev–Trinajstić information content (AvgIpc) is 2.61. The number of carbonyl (C=O) groups is 1. The molecule has 0 atom stereocenters. The van der Waals surface area contributed by atoms with E-state index in [9.17, 15) is 25.6 Å². The van der Waals surface area contributed by atoms with Crippen LogP contribution in [0.2, 0.25) is 0 Å². The molecule has 0 aliphatic carbocycles. The Morgan fingerprint density at radius 3 is 1.96 bits per heavy atom.